The van der Waals surface area contributed by atoms with E-state index in [2.05, 4.69) is 31.9 Å². The van der Waals surface area contributed by atoms with Gasteiger partial charge in [-0.3, -0.25) is 4.99 Å². The first-order chi connectivity index (χ1) is 8.26. The number of aromatic nitrogens is 2. The van der Waals surface area contributed by atoms with Crippen molar-refractivity contribution in [1.82, 2.24) is 9.97 Å². The molecule has 0 amide bonds. The van der Waals surface area contributed by atoms with Crippen LogP contribution in [-0.2, 0) is 0 Å². The lowest BCUT2D eigenvalue weighted by molar-refractivity contribution is 0.499. The summed E-state index contributed by atoms with van der Waals surface area (Å²) >= 11 is 0. The topological polar surface area (TPSA) is 79.4 Å². The SMILES string of the molecule is C=Nc1c(NC)ncnc1N1CCC(N)CC1. The van der Waals surface area contributed by atoms with Crippen LogP contribution in [0.5, 0.6) is 0 Å². The summed E-state index contributed by atoms with van der Waals surface area (Å²) in [5.74, 6) is 1.55. The van der Waals surface area contributed by atoms with E-state index in [1.165, 1.54) is 0 Å². The van der Waals surface area contributed by atoms with Crippen LogP contribution in [0, 0.1) is 0 Å². The summed E-state index contributed by atoms with van der Waals surface area (Å²) in [6.07, 6.45) is 3.51. The largest absolute Gasteiger partial charge is 0.371 e. The maximum atomic E-state index is 5.89. The molecule has 0 atom stereocenters. The zero-order valence-corrected chi connectivity index (χ0v) is 10.1. The molecule has 0 aliphatic carbocycles. The number of nitrogens with zero attached hydrogens (tertiary/aromatic N) is 4. The smallest absolute Gasteiger partial charge is 0.160 e. The predicted octanol–water partition coefficient (Wildman–Crippen LogP) is 0.778. The highest BCUT2D eigenvalue weighted by Gasteiger charge is 2.21. The fourth-order valence-electron chi connectivity index (χ4n) is 2.04. The molecule has 2 rings (SSSR count). The molecule has 17 heavy (non-hydrogen) atoms. The molecule has 1 aromatic heterocycles. The van der Waals surface area contributed by atoms with Crippen molar-refractivity contribution >= 4 is 24.0 Å². The fraction of sp³-hybridized carbons (Fsp3) is 0.545. The zero-order valence-electron chi connectivity index (χ0n) is 10.1. The number of hydrogen-bond donors (Lipinski definition) is 2. The van der Waals surface area contributed by atoms with E-state index in [1.807, 2.05) is 7.05 Å². The van der Waals surface area contributed by atoms with Crippen LogP contribution in [0.2, 0.25) is 0 Å². The van der Waals surface area contributed by atoms with Crippen LogP contribution in [0.15, 0.2) is 11.3 Å². The first-order valence-corrected chi connectivity index (χ1v) is 5.76. The number of aliphatic imine (C=N–C) groups is 1. The molecule has 0 spiro atoms. The van der Waals surface area contributed by atoms with Crippen LogP contribution in [-0.4, -0.2) is 42.9 Å². The Kier molecular flexibility index (Phi) is 3.53. The summed E-state index contributed by atoms with van der Waals surface area (Å²) in [4.78, 5) is 14.7. The van der Waals surface area contributed by atoms with Gasteiger partial charge in [-0.05, 0) is 19.6 Å². The Hall–Kier alpha value is -1.69. The van der Waals surface area contributed by atoms with Gasteiger partial charge in [0.25, 0.3) is 0 Å². The molecule has 1 fully saturated rings. The van der Waals surface area contributed by atoms with E-state index in [-0.39, 0.29) is 0 Å². The number of anilines is 2. The van der Waals surface area contributed by atoms with Crippen LogP contribution >= 0.6 is 0 Å². The molecule has 1 aliphatic heterocycles. The molecule has 2 heterocycles. The predicted molar refractivity (Wildman–Crippen MR) is 70.2 cm³/mol. The van der Waals surface area contributed by atoms with Gasteiger partial charge in [0.2, 0.25) is 0 Å². The lowest BCUT2D eigenvalue weighted by Gasteiger charge is -2.31. The fourth-order valence-corrected chi connectivity index (χ4v) is 2.04. The van der Waals surface area contributed by atoms with Gasteiger partial charge in [-0.15, -0.1) is 0 Å². The summed E-state index contributed by atoms with van der Waals surface area (Å²) in [6, 6.07) is 0.303. The van der Waals surface area contributed by atoms with Crippen molar-refractivity contribution in [1.29, 1.82) is 0 Å². The Morgan fingerprint density at radius 3 is 2.76 bits per heavy atom. The molecule has 92 valence electrons. The molecule has 0 unspecified atom stereocenters. The van der Waals surface area contributed by atoms with Gasteiger partial charge in [0.05, 0.1) is 0 Å². The average Bonchev–Trinajstić information content (AvgIpc) is 2.38. The average molecular weight is 234 g/mol. The minimum atomic E-state index is 0.303. The molecule has 6 nitrogen and oxygen atoms in total. The molecular formula is C11H18N6. The first kappa shape index (κ1) is 11.8. The van der Waals surface area contributed by atoms with Crippen LogP contribution in [0.1, 0.15) is 12.8 Å². The maximum absolute atomic E-state index is 5.89. The molecule has 6 heteroatoms. The van der Waals surface area contributed by atoms with Crippen LogP contribution in [0.3, 0.4) is 0 Å². The van der Waals surface area contributed by atoms with Crippen molar-refractivity contribution in [2.75, 3.05) is 30.4 Å². The minimum Gasteiger partial charge on any atom is -0.371 e. The van der Waals surface area contributed by atoms with Crippen molar-refractivity contribution < 1.29 is 0 Å². The zero-order chi connectivity index (χ0) is 12.3. The monoisotopic (exact) mass is 234 g/mol. The van der Waals surface area contributed by atoms with E-state index >= 15 is 0 Å². The summed E-state index contributed by atoms with van der Waals surface area (Å²) in [5.41, 5.74) is 6.61. The minimum absolute atomic E-state index is 0.303. The second kappa shape index (κ2) is 5.09. The summed E-state index contributed by atoms with van der Waals surface area (Å²) in [6.45, 7) is 5.40. The van der Waals surface area contributed by atoms with Gasteiger partial charge in [-0.1, -0.05) is 0 Å². The molecule has 1 aliphatic rings. The van der Waals surface area contributed by atoms with Gasteiger partial charge < -0.3 is 16.0 Å². The van der Waals surface area contributed by atoms with Gasteiger partial charge in [0.15, 0.2) is 11.6 Å². The highest BCUT2D eigenvalue weighted by atomic mass is 15.2. The van der Waals surface area contributed by atoms with Gasteiger partial charge in [0.1, 0.15) is 12.0 Å². The third-order valence-corrected chi connectivity index (χ3v) is 3.04. The number of nitrogens with two attached hydrogens (primary N) is 1. The quantitative estimate of drug-likeness (QED) is 0.755. The van der Waals surface area contributed by atoms with Gasteiger partial charge >= 0.3 is 0 Å². The van der Waals surface area contributed by atoms with E-state index in [9.17, 15) is 0 Å². The molecular weight excluding hydrogens is 216 g/mol. The molecule has 0 radical (unpaired) electrons. The number of piperidine rings is 1. The first-order valence-electron chi connectivity index (χ1n) is 5.76. The third kappa shape index (κ3) is 2.36. The summed E-state index contributed by atoms with van der Waals surface area (Å²) < 4.78 is 0. The summed E-state index contributed by atoms with van der Waals surface area (Å²) in [5, 5.41) is 3.00. The Labute approximate surface area is 101 Å². The van der Waals surface area contributed by atoms with Crippen molar-refractivity contribution in [2.45, 2.75) is 18.9 Å². The van der Waals surface area contributed by atoms with E-state index in [0.717, 1.165) is 31.7 Å². The van der Waals surface area contributed by atoms with E-state index < -0.39 is 0 Å². The lowest BCUT2D eigenvalue weighted by atomic mass is 10.1. The van der Waals surface area contributed by atoms with E-state index in [1.54, 1.807) is 6.33 Å². The van der Waals surface area contributed by atoms with Gasteiger partial charge in [0, 0.05) is 26.2 Å². The van der Waals surface area contributed by atoms with Crippen LogP contribution in [0.4, 0.5) is 17.3 Å². The second-order valence-electron chi connectivity index (χ2n) is 4.13. The third-order valence-electron chi connectivity index (χ3n) is 3.04. The maximum Gasteiger partial charge on any atom is 0.160 e. The van der Waals surface area contributed by atoms with Crippen molar-refractivity contribution in [3.05, 3.63) is 6.33 Å². The molecule has 0 aromatic carbocycles. The normalized spacial score (nSPS) is 16.9. The Morgan fingerprint density at radius 1 is 1.47 bits per heavy atom. The van der Waals surface area contributed by atoms with Crippen molar-refractivity contribution in [3.8, 4) is 0 Å². The Bertz CT molecular complexity index is 397. The molecule has 0 bridgehead atoms. The van der Waals surface area contributed by atoms with Crippen LogP contribution < -0.4 is 16.0 Å². The van der Waals surface area contributed by atoms with Crippen molar-refractivity contribution in [3.63, 3.8) is 0 Å². The second-order valence-corrected chi connectivity index (χ2v) is 4.13. The Balaban J connectivity index is 2.28. The number of nitrogens with one attached hydrogen (secondary N) is 1. The molecule has 1 saturated heterocycles. The highest BCUT2D eigenvalue weighted by Crippen LogP contribution is 2.32. The molecule has 3 N–H and O–H groups in total. The van der Waals surface area contributed by atoms with Crippen molar-refractivity contribution in [2.24, 2.45) is 10.7 Å². The standard InChI is InChI=1S/C11H18N6/c1-13-9-10(14-2)15-7-16-11(9)17-5-3-8(12)4-6-17/h7-8H,1,3-6,12H2,2H3,(H,14,15,16). The molecule has 1 aromatic rings. The van der Waals surface area contributed by atoms with E-state index in [4.69, 9.17) is 5.73 Å². The molecule has 0 saturated carbocycles. The van der Waals surface area contributed by atoms with Gasteiger partial charge in [-0.2, -0.15) is 0 Å². The Morgan fingerprint density at radius 2 is 2.18 bits per heavy atom. The number of rotatable bonds is 3. The van der Waals surface area contributed by atoms with E-state index in [0.29, 0.717) is 17.5 Å². The number of hydrogen-bond acceptors (Lipinski definition) is 6. The van der Waals surface area contributed by atoms with Gasteiger partial charge in [-0.25, -0.2) is 9.97 Å². The highest BCUT2D eigenvalue weighted by molar-refractivity contribution is 5.76. The summed E-state index contributed by atoms with van der Waals surface area (Å²) in [7, 11) is 1.81. The lowest BCUT2D eigenvalue weighted by Crippen LogP contribution is -2.40. The van der Waals surface area contributed by atoms with Crippen LogP contribution in [0.25, 0.3) is 0 Å².